The number of methoxy groups -OCH3 is 3. The SMILES string of the molecule is CCCCCCC(CC(OC)OC)OC. The fourth-order valence-electron chi connectivity index (χ4n) is 1.63. The summed E-state index contributed by atoms with van der Waals surface area (Å²) in [6, 6.07) is 0. The Hall–Kier alpha value is -0.120. The highest BCUT2D eigenvalue weighted by atomic mass is 16.7. The van der Waals surface area contributed by atoms with E-state index in [1.54, 1.807) is 21.3 Å². The van der Waals surface area contributed by atoms with E-state index in [0.717, 1.165) is 12.8 Å². The highest BCUT2D eigenvalue weighted by Crippen LogP contribution is 2.13. The Balaban J connectivity index is 3.61. The van der Waals surface area contributed by atoms with Crippen molar-refractivity contribution in [2.24, 2.45) is 0 Å². The largest absolute Gasteiger partial charge is 0.381 e. The zero-order chi connectivity index (χ0) is 11.5. The monoisotopic (exact) mass is 218 g/mol. The third kappa shape index (κ3) is 7.77. The topological polar surface area (TPSA) is 27.7 Å². The Kier molecular flexibility index (Phi) is 10.3. The summed E-state index contributed by atoms with van der Waals surface area (Å²) in [7, 11) is 5.09. The molecule has 1 unspecified atom stereocenters. The lowest BCUT2D eigenvalue weighted by atomic mass is 10.1. The summed E-state index contributed by atoms with van der Waals surface area (Å²) < 4.78 is 15.7. The summed E-state index contributed by atoms with van der Waals surface area (Å²) >= 11 is 0. The molecule has 0 aromatic heterocycles. The molecule has 0 aromatic rings. The molecule has 0 radical (unpaired) electrons. The number of ether oxygens (including phenoxy) is 3. The molecule has 3 nitrogen and oxygen atoms in total. The quantitative estimate of drug-likeness (QED) is 0.417. The van der Waals surface area contributed by atoms with Crippen LogP contribution in [-0.2, 0) is 14.2 Å². The summed E-state index contributed by atoms with van der Waals surface area (Å²) in [5.74, 6) is 0. The van der Waals surface area contributed by atoms with Crippen LogP contribution in [0.4, 0.5) is 0 Å². The molecule has 0 N–H and O–H groups in total. The lowest BCUT2D eigenvalue weighted by Gasteiger charge is -2.20. The minimum Gasteiger partial charge on any atom is -0.381 e. The van der Waals surface area contributed by atoms with E-state index in [2.05, 4.69) is 6.92 Å². The van der Waals surface area contributed by atoms with E-state index >= 15 is 0 Å². The van der Waals surface area contributed by atoms with Gasteiger partial charge in [0.25, 0.3) is 0 Å². The van der Waals surface area contributed by atoms with E-state index in [1.807, 2.05) is 0 Å². The van der Waals surface area contributed by atoms with Crippen molar-refractivity contribution in [3.8, 4) is 0 Å². The Morgan fingerprint density at radius 1 is 0.867 bits per heavy atom. The van der Waals surface area contributed by atoms with Crippen molar-refractivity contribution in [3.63, 3.8) is 0 Å². The maximum absolute atomic E-state index is 5.40. The minimum absolute atomic E-state index is 0.138. The van der Waals surface area contributed by atoms with Gasteiger partial charge in [-0.1, -0.05) is 32.6 Å². The summed E-state index contributed by atoms with van der Waals surface area (Å²) in [5, 5.41) is 0. The number of rotatable bonds is 10. The lowest BCUT2D eigenvalue weighted by molar-refractivity contribution is -0.127. The summed E-state index contributed by atoms with van der Waals surface area (Å²) in [5.41, 5.74) is 0. The van der Waals surface area contributed by atoms with Gasteiger partial charge in [0.15, 0.2) is 6.29 Å². The van der Waals surface area contributed by atoms with Crippen molar-refractivity contribution < 1.29 is 14.2 Å². The Labute approximate surface area is 94.1 Å². The third-order valence-corrected chi connectivity index (χ3v) is 2.69. The molecule has 0 fully saturated rings. The zero-order valence-electron chi connectivity index (χ0n) is 10.6. The number of unbranched alkanes of at least 4 members (excludes halogenated alkanes) is 3. The average Bonchev–Trinajstić information content (AvgIpc) is 2.28. The van der Waals surface area contributed by atoms with Gasteiger partial charge >= 0.3 is 0 Å². The van der Waals surface area contributed by atoms with Gasteiger partial charge in [-0.15, -0.1) is 0 Å². The Bertz CT molecular complexity index is 124. The van der Waals surface area contributed by atoms with E-state index in [0.29, 0.717) is 0 Å². The molecule has 0 rings (SSSR count). The molecule has 0 amide bonds. The second-order valence-corrected chi connectivity index (χ2v) is 3.84. The van der Waals surface area contributed by atoms with Gasteiger partial charge < -0.3 is 14.2 Å². The molecule has 15 heavy (non-hydrogen) atoms. The van der Waals surface area contributed by atoms with Gasteiger partial charge in [-0.2, -0.15) is 0 Å². The first kappa shape index (κ1) is 14.9. The smallest absolute Gasteiger partial charge is 0.159 e. The molecule has 0 aromatic carbocycles. The maximum atomic E-state index is 5.40. The molecule has 0 spiro atoms. The highest BCUT2D eigenvalue weighted by Gasteiger charge is 2.14. The van der Waals surface area contributed by atoms with Gasteiger partial charge in [0.2, 0.25) is 0 Å². The highest BCUT2D eigenvalue weighted by molar-refractivity contribution is 4.60. The second kappa shape index (κ2) is 10.4. The van der Waals surface area contributed by atoms with Crippen molar-refractivity contribution in [3.05, 3.63) is 0 Å². The average molecular weight is 218 g/mol. The number of hydrogen-bond acceptors (Lipinski definition) is 3. The predicted octanol–water partition coefficient (Wildman–Crippen LogP) is 2.98. The van der Waals surface area contributed by atoms with Crippen LogP contribution in [0.5, 0.6) is 0 Å². The van der Waals surface area contributed by atoms with E-state index in [-0.39, 0.29) is 12.4 Å². The van der Waals surface area contributed by atoms with Crippen molar-refractivity contribution in [1.82, 2.24) is 0 Å². The standard InChI is InChI=1S/C12H26O3/c1-5-6-7-8-9-11(13-2)10-12(14-3)15-4/h11-12H,5-10H2,1-4H3. The molecule has 1 atom stereocenters. The van der Waals surface area contributed by atoms with Crippen LogP contribution in [0.25, 0.3) is 0 Å². The summed E-state index contributed by atoms with van der Waals surface area (Å²) in [4.78, 5) is 0. The molecule has 92 valence electrons. The number of hydrogen-bond donors (Lipinski definition) is 0. The van der Waals surface area contributed by atoms with Gasteiger partial charge in [0, 0.05) is 27.8 Å². The summed E-state index contributed by atoms with van der Waals surface area (Å²) in [6.07, 6.45) is 7.14. The van der Waals surface area contributed by atoms with Gasteiger partial charge in [0.1, 0.15) is 0 Å². The van der Waals surface area contributed by atoms with Crippen LogP contribution in [-0.4, -0.2) is 33.7 Å². The maximum Gasteiger partial charge on any atom is 0.159 e. The molecule has 0 heterocycles. The predicted molar refractivity (Wildman–Crippen MR) is 62.0 cm³/mol. The molecule has 3 heteroatoms. The molecule has 0 aliphatic carbocycles. The van der Waals surface area contributed by atoms with Crippen molar-refractivity contribution in [1.29, 1.82) is 0 Å². The second-order valence-electron chi connectivity index (χ2n) is 3.84. The van der Waals surface area contributed by atoms with Crippen LogP contribution < -0.4 is 0 Å². The summed E-state index contributed by atoms with van der Waals surface area (Å²) in [6.45, 7) is 2.22. The van der Waals surface area contributed by atoms with Gasteiger partial charge in [0.05, 0.1) is 6.10 Å². The normalized spacial score (nSPS) is 13.4. The van der Waals surface area contributed by atoms with E-state index < -0.39 is 0 Å². The molecule has 0 aliphatic heterocycles. The van der Waals surface area contributed by atoms with E-state index in [9.17, 15) is 0 Å². The zero-order valence-corrected chi connectivity index (χ0v) is 10.6. The van der Waals surface area contributed by atoms with Crippen LogP contribution in [0.3, 0.4) is 0 Å². The third-order valence-electron chi connectivity index (χ3n) is 2.69. The van der Waals surface area contributed by atoms with Crippen molar-refractivity contribution in [2.45, 2.75) is 57.8 Å². The first-order chi connectivity index (χ1) is 7.28. The van der Waals surface area contributed by atoms with Crippen molar-refractivity contribution >= 4 is 0 Å². The van der Waals surface area contributed by atoms with Gasteiger partial charge in [-0.25, -0.2) is 0 Å². The first-order valence-electron chi connectivity index (χ1n) is 5.86. The fraction of sp³-hybridized carbons (Fsp3) is 1.00. The molecular formula is C12H26O3. The van der Waals surface area contributed by atoms with Crippen LogP contribution >= 0.6 is 0 Å². The molecule has 0 aliphatic rings. The fourth-order valence-corrected chi connectivity index (χ4v) is 1.63. The molecule has 0 bridgehead atoms. The van der Waals surface area contributed by atoms with E-state index in [4.69, 9.17) is 14.2 Å². The van der Waals surface area contributed by atoms with Crippen LogP contribution in [0, 0.1) is 0 Å². The molecule has 0 saturated carbocycles. The molecule has 0 saturated heterocycles. The first-order valence-corrected chi connectivity index (χ1v) is 5.86. The molecular weight excluding hydrogens is 192 g/mol. The van der Waals surface area contributed by atoms with Crippen LogP contribution in [0.2, 0.25) is 0 Å². The lowest BCUT2D eigenvalue weighted by Crippen LogP contribution is -2.22. The van der Waals surface area contributed by atoms with Crippen molar-refractivity contribution in [2.75, 3.05) is 21.3 Å². The Morgan fingerprint density at radius 2 is 1.53 bits per heavy atom. The van der Waals surface area contributed by atoms with Gasteiger partial charge in [-0.05, 0) is 6.42 Å². The minimum atomic E-state index is -0.138. The van der Waals surface area contributed by atoms with E-state index in [1.165, 1.54) is 25.7 Å². The van der Waals surface area contributed by atoms with Crippen LogP contribution in [0.1, 0.15) is 45.4 Å². The van der Waals surface area contributed by atoms with Gasteiger partial charge in [-0.3, -0.25) is 0 Å². The Morgan fingerprint density at radius 3 is 2.00 bits per heavy atom. The van der Waals surface area contributed by atoms with Crippen LogP contribution in [0.15, 0.2) is 0 Å².